The molecule has 0 spiro atoms. The van der Waals surface area contributed by atoms with Crippen LogP contribution in [0.4, 0.5) is 0 Å². The zero-order chi connectivity index (χ0) is 10.7. The van der Waals surface area contributed by atoms with Gasteiger partial charge in [0.25, 0.3) is 0 Å². The summed E-state index contributed by atoms with van der Waals surface area (Å²) in [7, 11) is 0. The third-order valence-corrected chi connectivity index (χ3v) is 3.56. The van der Waals surface area contributed by atoms with Gasteiger partial charge in [-0.2, -0.15) is 0 Å². The Kier molecular flexibility index (Phi) is 3.48. The van der Waals surface area contributed by atoms with Gasteiger partial charge in [0, 0.05) is 5.02 Å². The maximum atomic E-state index is 5.87. The Bertz CT molecular complexity index is 331. The van der Waals surface area contributed by atoms with Crippen molar-refractivity contribution < 1.29 is 0 Å². The van der Waals surface area contributed by atoms with E-state index in [4.69, 9.17) is 11.6 Å². The predicted octanol–water partition coefficient (Wildman–Crippen LogP) is 4.93. The summed E-state index contributed by atoms with van der Waals surface area (Å²) in [4.78, 5) is 0. The van der Waals surface area contributed by atoms with Crippen LogP contribution < -0.4 is 0 Å². The number of hydrogen-bond acceptors (Lipinski definition) is 0. The van der Waals surface area contributed by atoms with Crippen LogP contribution in [0.2, 0.25) is 5.02 Å². The van der Waals surface area contributed by atoms with Crippen molar-refractivity contribution in [1.29, 1.82) is 0 Å². The maximum absolute atomic E-state index is 5.87. The molecule has 0 saturated heterocycles. The highest BCUT2D eigenvalue weighted by Gasteiger charge is 2.17. The molecule has 1 aliphatic rings. The highest BCUT2D eigenvalue weighted by atomic mass is 35.5. The molecule has 1 heteroatoms. The standard InChI is InChI=1S/C14H17Cl/c1-11(12-5-3-2-4-6-12)13-7-9-14(15)10-8-13/h7-10,12H,1-6H2. The molecule has 2 rings (SSSR count). The first-order chi connectivity index (χ1) is 7.27. The fraction of sp³-hybridized carbons (Fsp3) is 0.429. The molecule has 15 heavy (non-hydrogen) atoms. The summed E-state index contributed by atoms with van der Waals surface area (Å²) in [6.07, 6.45) is 6.72. The summed E-state index contributed by atoms with van der Waals surface area (Å²) in [5.41, 5.74) is 2.55. The van der Waals surface area contributed by atoms with Crippen molar-refractivity contribution in [3.05, 3.63) is 41.4 Å². The molecule has 1 saturated carbocycles. The molecule has 1 aromatic carbocycles. The first-order valence-corrected chi connectivity index (χ1v) is 6.10. The smallest absolute Gasteiger partial charge is 0.0406 e. The fourth-order valence-corrected chi connectivity index (χ4v) is 2.48. The van der Waals surface area contributed by atoms with Gasteiger partial charge in [0.1, 0.15) is 0 Å². The van der Waals surface area contributed by atoms with Crippen LogP contribution in [0.3, 0.4) is 0 Å². The molecular weight excluding hydrogens is 204 g/mol. The average molecular weight is 221 g/mol. The Balaban J connectivity index is 2.09. The molecule has 0 bridgehead atoms. The normalized spacial score (nSPS) is 17.7. The highest BCUT2D eigenvalue weighted by molar-refractivity contribution is 6.30. The van der Waals surface area contributed by atoms with Crippen molar-refractivity contribution >= 4 is 17.2 Å². The van der Waals surface area contributed by atoms with Crippen LogP contribution in [-0.4, -0.2) is 0 Å². The van der Waals surface area contributed by atoms with E-state index in [0.29, 0.717) is 5.92 Å². The van der Waals surface area contributed by atoms with Gasteiger partial charge in [-0.05, 0) is 42.0 Å². The van der Waals surface area contributed by atoms with Crippen LogP contribution >= 0.6 is 11.6 Å². The molecule has 0 atom stereocenters. The van der Waals surface area contributed by atoms with E-state index in [2.05, 4.69) is 18.7 Å². The van der Waals surface area contributed by atoms with Crippen LogP contribution in [0, 0.1) is 5.92 Å². The lowest BCUT2D eigenvalue weighted by Crippen LogP contribution is -2.07. The van der Waals surface area contributed by atoms with E-state index in [1.807, 2.05) is 12.1 Å². The second-order valence-corrected chi connectivity index (χ2v) is 4.80. The SMILES string of the molecule is C=C(c1ccc(Cl)cc1)C1CCCCC1. The molecule has 80 valence electrons. The Morgan fingerprint density at radius 1 is 1.07 bits per heavy atom. The van der Waals surface area contributed by atoms with Gasteiger partial charge in [0.05, 0.1) is 0 Å². The Labute approximate surface area is 97.0 Å². The van der Waals surface area contributed by atoms with Gasteiger partial charge in [0.15, 0.2) is 0 Å². The average Bonchev–Trinajstić information content (AvgIpc) is 2.30. The van der Waals surface area contributed by atoms with E-state index in [0.717, 1.165) is 5.02 Å². The molecule has 0 aromatic heterocycles. The Morgan fingerprint density at radius 2 is 1.67 bits per heavy atom. The van der Waals surface area contributed by atoms with Crippen molar-refractivity contribution in [3.8, 4) is 0 Å². The van der Waals surface area contributed by atoms with Gasteiger partial charge < -0.3 is 0 Å². The Morgan fingerprint density at radius 3 is 2.27 bits per heavy atom. The lowest BCUT2D eigenvalue weighted by atomic mass is 9.82. The molecule has 1 aliphatic carbocycles. The third kappa shape index (κ3) is 2.63. The first kappa shape index (κ1) is 10.8. The van der Waals surface area contributed by atoms with Gasteiger partial charge in [-0.3, -0.25) is 0 Å². The number of allylic oxidation sites excluding steroid dienone is 1. The summed E-state index contributed by atoms with van der Waals surface area (Å²) in [6, 6.07) is 8.06. The molecule has 0 heterocycles. The van der Waals surface area contributed by atoms with Gasteiger partial charge >= 0.3 is 0 Å². The maximum Gasteiger partial charge on any atom is 0.0406 e. The zero-order valence-electron chi connectivity index (χ0n) is 9.01. The quantitative estimate of drug-likeness (QED) is 0.663. The van der Waals surface area contributed by atoms with E-state index in [9.17, 15) is 0 Å². The van der Waals surface area contributed by atoms with Gasteiger partial charge in [-0.15, -0.1) is 0 Å². The summed E-state index contributed by atoms with van der Waals surface area (Å²) in [6.45, 7) is 4.24. The van der Waals surface area contributed by atoms with Gasteiger partial charge in [-0.1, -0.05) is 49.6 Å². The van der Waals surface area contributed by atoms with Crippen molar-refractivity contribution in [1.82, 2.24) is 0 Å². The van der Waals surface area contributed by atoms with Crippen LogP contribution in [0.1, 0.15) is 37.7 Å². The molecule has 0 amide bonds. The van der Waals surface area contributed by atoms with Crippen LogP contribution in [0.5, 0.6) is 0 Å². The summed E-state index contributed by atoms with van der Waals surface area (Å²) in [5.74, 6) is 0.694. The van der Waals surface area contributed by atoms with E-state index in [1.54, 1.807) is 0 Å². The molecule has 0 nitrogen and oxygen atoms in total. The molecule has 1 aromatic rings. The number of benzene rings is 1. The number of halogens is 1. The second kappa shape index (κ2) is 4.85. The van der Waals surface area contributed by atoms with E-state index in [1.165, 1.54) is 43.2 Å². The predicted molar refractivity (Wildman–Crippen MR) is 67.1 cm³/mol. The summed E-state index contributed by atoms with van der Waals surface area (Å²) < 4.78 is 0. The zero-order valence-corrected chi connectivity index (χ0v) is 9.76. The molecule has 0 unspecified atom stereocenters. The lowest BCUT2D eigenvalue weighted by molar-refractivity contribution is 0.430. The van der Waals surface area contributed by atoms with Crippen molar-refractivity contribution in [2.24, 2.45) is 5.92 Å². The van der Waals surface area contributed by atoms with E-state index in [-0.39, 0.29) is 0 Å². The molecule has 0 aliphatic heterocycles. The summed E-state index contributed by atoms with van der Waals surface area (Å²) >= 11 is 5.87. The molecule has 0 radical (unpaired) electrons. The van der Waals surface area contributed by atoms with E-state index < -0.39 is 0 Å². The van der Waals surface area contributed by atoms with Crippen molar-refractivity contribution in [2.75, 3.05) is 0 Å². The topological polar surface area (TPSA) is 0 Å². The van der Waals surface area contributed by atoms with E-state index >= 15 is 0 Å². The fourth-order valence-electron chi connectivity index (χ4n) is 2.35. The monoisotopic (exact) mass is 220 g/mol. The van der Waals surface area contributed by atoms with Crippen LogP contribution in [0.15, 0.2) is 30.8 Å². The molecular formula is C14H17Cl. The number of hydrogen-bond donors (Lipinski definition) is 0. The van der Waals surface area contributed by atoms with Gasteiger partial charge in [0.2, 0.25) is 0 Å². The minimum absolute atomic E-state index is 0.694. The van der Waals surface area contributed by atoms with Crippen LogP contribution in [0.25, 0.3) is 5.57 Å². The minimum Gasteiger partial charge on any atom is -0.0950 e. The van der Waals surface area contributed by atoms with Crippen molar-refractivity contribution in [2.45, 2.75) is 32.1 Å². The van der Waals surface area contributed by atoms with Crippen molar-refractivity contribution in [3.63, 3.8) is 0 Å². The Hall–Kier alpha value is -0.750. The van der Waals surface area contributed by atoms with Crippen LogP contribution in [-0.2, 0) is 0 Å². The minimum atomic E-state index is 0.694. The molecule has 1 fully saturated rings. The highest BCUT2D eigenvalue weighted by Crippen LogP contribution is 2.34. The largest absolute Gasteiger partial charge is 0.0950 e. The first-order valence-electron chi connectivity index (χ1n) is 5.72. The third-order valence-electron chi connectivity index (χ3n) is 3.31. The molecule has 0 N–H and O–H groups in total. The van der Waals surface area contributed by atoms with Gasteiger partial charge in [-0.25, -0.2) is 0 Å². The number of rotatable bonds is 2. The summed E-state index contributed by atoms with van der Waals surface area (Å²) in [5, 5.41) is 0.801. The second-order valence-electron chi connectivity index (χ2n) is 4.37. The lowest BCUT2D eigenvalue weighted by Gasteiger charge is -2.23.